The second-order valence-electron chi connectivity index (χ2n) is 7.17. The fourth-order valence-corrected chi connectivity index (χ4v) is 4.54. The molecule has 1 amide bonds. The van der Waals surface area contributed by atoms with Crippen molar-refractivity contribution in [1.82, 2.24) is 4.98 Å². The monoisotopic (exact) mass is 404 g/mol. The highest BCUT2D eigenvalue weighted by Gasteiger charge is 2.17. The maximum Gasteiger partial charge on any atom is 0.293 e. The molecular formula is C23H20N2O3S. The Bertz CT molecular complexity index is 1210. The van der Waals surface area contributed by atoms with Gasteiger partial charge in [0.25, 0.3) is 5.91 Å². The summed E-state index contributed by atoms with van der Waals surface area (Å²) >= 11 is 1.41. The third-order valence-corrected chi connectivity index (χ3v) is 6.08. The first-order valence-corrected chi connectivity index (χ1v) is 10.5. The lowest BCUT2D eigenvalue weighted by atomic mass is 9.90. The minimum Gasteiger partial charge on any atom is -0.493 e. The van der Waals surface area contributed by atoms with Crippen molar-refractivity contribution in [2.24, 2.45) is 0 Å². The number of carbonyl (C=O) groups excluding carboxylic acids is 1. The molecule has 146 valence electrons. The van der Waals surface area contributed by atoms with E-state index in [1.807, 2.05) is 17.5 Å². The quantitative estimate of drug-likeness (QED) is 0.474. The highest BCUT2D eigenvalue weighted by atomic mass is 32.1. The molecule has 6 heteroatoms. The van der Waals surface area contributed by atoms with Gasteiger partial charge in [-0.2, -0.15) is 0 Å². The standard InChI is InChI=1S/C23H20N2O3S/c1-27-19-8-4-7-17-12-20(28-21(17)19)22(26)25-23-24-18(13-29-23)16-10-9-14-5-2-3-6-15(14)11-16/h4,7-13H,2-3,5-6H2,1H3,(H,24,25,26). The number of thiazole rings is 1. The number of benzene rings is 2. The van der Waals surface area contributed by atoms with E-state index in [1.165, 1.54) is 35.3 Å². The van der Waals surface area contributed by atoms with E-state index in [-0.39, 0.29) is 11.7 Å². The molecule has 0 radical (unpaired) electrons. The minimum atomic E-state index is -0.324. The molecule has 0 saturated heterocycles. The highest BCUT2D eigenvalue weighted by molar-refractivity contribution is 7.14. The van der Waals surface area contributed by atoms with Gasteiger partial charge in [-0.1, -0.05) is 24.3 Å². The lowest BCUT2D eigenvalue weighted by molar-refractivity contribution is 0.0998. The number of rotatable bonds is 4. The van der Waals surface area contributed by atoms with E-state index >= 15 is 0 Å². The smallest absolute Gasteiger partial charge is 0.293 e. The summed E-state index contributed by atoms with van der Waals surface area (Å²) in [7, 11) is 1.58. The van der Waals surface area contributed by atoms with E-state index in [4.69, 9.17) is 9.15 Å². The number of hydrogen-bond acceptors (Lipinski definition) is 5. The maximum absolute atomic E-state index is 12.6. The topological polar surface area (TPSA) is 64.4 Å². The second-order valence-corrected chi connectivity index (χ2v) is 8.03. The Labute approximate surface area is 172 Å². The molecule has 0 saturated carbocycles. The van der Waals surface area contributed by atoms with Gasteiger partial charge in [0, 0.05) is 16.3 Å². The number of methoxy groups -OCH3 is 1. The lowest BCUT2D eigenvalue weighted by Crippen LogP contribution is -2.10. The first kappa shape index (κ1) is 17.9. The number of anilines is 1. The number of fused-ring (bicyclic) bond motifs is 2. The van der Waals surface area contributed by atoms with Crippen LogP contribution >= 0.6 is 11.3 Å². The highest BCUT2D eigenvalue weighted by Crippen LogP contribution is 2.31. The number of hydrogen-bond donors (Lipinski definition) is 1. The average Bonchev–Trinajstić information content (AvgIpc) is 3.40. The summed E-state index contributed by atoms with van der Waals surface area (Å²) in [6, 6.07) is 13.8. The number of amides is 1. The van der Waals surface area contributed by atoms with Crippen molar-refractivity contribution in [3.8, 4) is 17.0 Å². The lowest BCUT2D eigenvalue weighted by Gasteiger charge is -2.16. The first-order chi connectivity index (χ1) is 14.2. The van der Waals surface area contributed by atoms with Crippen LogP contribution in [0.25, 0.3) is 22.2 Å². The summed E-state index contributed by atoms with van der Waals surface area (Å²) in [5, 5.41) is 6.19. The zero-order valence-corrected chi connectivity index (χ0v) is 16.8. The predicted molar refractivity (Wildman–Crippen MR) is 115 cm³/mol. The molecule has 0 spiro atoms. The molecule has 1 aliphatic rings. The minimum absolute atomic E-state index is 0.232. The second kappa shape index (κ2) is 7.37. The van der Waals surface area contributed by atoms with Crippen LogP contribution in [-0.4, -0.2) is 18.0 Å². The third kappa shape index (κ3) is 3.40. The SMILES string of the molecule is COc1cccc2cc(C(=O)Nc3nc(-c4ccc5c(c4)CCCC5)cs3)oc12. The van der Waals surface area contributed by atoms with Gasteiger partial charge in [-0.25, -0.2) is 4.98 Å². The Morgan fingerprint density at radius 3 is 2.86 bits per heavy atom. The molecule has 5 rings (SSSR count). The summed E-state index contributed by atoms with van der Waals surface area (Å²) in [5.41, 5.74) is 5.41. The van der Waals surface area contributed by atoms with Gasteiger partial charge < -0.3 is 9.15 Å². The number of furan rings is 1. The average molecular weight is 404 g/mol. The van der Waals surface area contributed by atoms with Gasteiger partial charge in [-0.15, -0.1) is 11.3 Å². The van der Waals surface area contributed by atoms with Gasteiger partial charge in [-0.3, -0.25) is 10.1 Å². The number of carbonyl (C=O) groups is 1. The van der Waals surface area contributed by atoms with Crippen LogP contribution in [0.4, 0.5) is 5.13 Å². The van der Waals surface area contributed by atoms with Gasteiger partial charge in [0.15, 0.2) is 22.2 Å². The molecule has 0 atom stereocenters. The zero-order chi connectivity index (χ0) is 19.8. The summed E-state index contributed by atoms with van der Waals surface area (Å²) in [6.45, 7) is 0. The van der Waals surface area contributed by atoms with Crippen molar-refractivity contribution in [3.05, 3.63) is 64.7 Å². The Kier molecular flexibility index (Phi) is 4.56. The summed E-state index contributed by atoms with van der Waals surface area (Å²) in [5.74, 6) is 0.509. The molecule has 2 aromatic heterocycles. The van der Waals surface area contributed by atoms with Crippen molar-refractivity contribution in [2.45, 2.75) is 25.7 Å². The van der Waals surface area contributed by atoms with E-state index in [0.717, 1.165) is 29.5 Å². The van der Waals surface area contributed by atoms with Crippen LogP contribution in [0.1, 0.15) is 34.5 Å². The van der Waals surface area contributed by atoms with Crippen LogP contribution < -0.4 is 10.1 Å². The molecule has 5 nitrogen and oxygen atoms in total. The molecule has 29 heavy (non-hydrogen) atoms. The van der Waals surface area contributed by atoms with Crippen LogP contribution in [0.2, 0.25) is 0 Å². The van der Waals surface area contributed by atoms with E-state index in [0.29, 0.717) is 16.5 Å². The fraction of sp³-hybridized carbons (Fsp3) is 0.217. The van der Waals surface area contributed by atoms with E-state index < -0.39 is 0 Å². The Hall–Kier alpha value is -3.12. The fourth-order valence-electron chi connectivity index (χ4n) is 3.82. The van der Waals surface area contributed by atoms with Crippen LogP contribution in [-0.2, 0) is 12.8 Å². The van der Waals surface area contributed by atoms with Crippen LogP contribution in [0.15, 0.2) is 52.3 Å². The van der Waals surface area contributed by atoms with Crippen LogP contribution in [0, 0.1) is 0 Å². The molecule has 4 aromatic rings. The van der Waals surface area contributed by atoms with Crippen LogP contribution in [0.3, 0.4) is 0 Å². The van der Waals surface area contributed by atoms with Crippen LogP contribution in [0.5, 0.6) is 5.75 Å². The molecule has 0 aliphatic heterocycles. The molecule has 0 fully saturated rings. The molecule has 0 unspecified atom stereocenters. The normalized spacial score (nSPS) is 13.3. The van der Waals surface area contributed by atoms with Crippen molar-refractivity contribution in [1.29, 1.82) is 0 Å². The predicted octanol–water partition coefficient (Wildman–Crippen LogP) is 5.70. The first-order valence-electron chi connectivity index (χ1n) is 9.67. The van der Waals surface area contributed by atoms with Gasteiger partial charge in [-0.05, 0) is 55.0 Å². The third-order valence-electron chi connectivity index (χ3n) is 5.32. The van der Waals surface area contributed by atoms with E-state index in [1.54, 1.807) is 19.2 Å². The number of ether oxygens (including phenoxy) is 1. The molecule has 0 bridgehead atoms. The number of nitrogens with one attached hydrogen (secondary N) is 1. The summed E-state index contributed by atoms with van der Waals surface area (Å²) in [6.07, 6.45) is 4.81. The largest absolute Gasteiger partial charge is 0.493 e. The van der Waals surface area contributed by atoms with E-state index in [2.05, 4.69) is 28.5 Å². The molecule has 1 aliphatic carbocycles. The maximum atomic E-state index is 12.6. The number of aryl methyl sites for hydroxylation is 2. The van der Waals surface area contributed by atoms with Gasteiger partial charge in [0.05, 0.1) is 12.8 Å². The zero-order valence-electron chi connectivity index (χ0n) is 16.0. The van der Waals surface area contributed by atoms with Crippen molar-refractivity contribution in [2.75, 3.05) is 12.4 Å². The molecule has 2 aromatic carbocycles. The summed E-state index contributed by atoms with van der Waals surface area (Å²) < 4.78 is 11.0. The van der Waals surface area contributed by atoms with Crippen molar-refractivity contribution in [3.63, 3.8) is 0 Å². The van der Waals surface area contributed by atoms with Gasteiger partial charge in [0.2, 0.25) is 0 Å². The Balaban J connectivity index is 1.37. The van der Waals surface area contributed by atoms with Gasteiger partial charge >= 0.3 is 0 Å². The van der Waals surface area contributed by atoms with Crippen molar-refractivity contribution < 1.29 is 13.9 Å². The molecule has 2 heterocycles. The number of para-hydroxylation sites is 1. The Morgan fingerprint density at radius 1 is 1.14 bits per heavy atom. The number of aromatic nitrogens is 1. The molecular weight excluding hydrogens is 384 g/mol. The van der Waals surface area contributed by atoms with Crippen molar-refractivity contribution >= 4 is 33.3 Å². The van der Waals surface area contributed by atoms with Gasteiger partial charge in [0.1, 0.15) is 0 Å². The molecule has 1 N–H and O–H groups in total. The summed E-state index contributed by atoms with van der Waals surface area (Å²) in [4.78, 5) is 17.2. The van der Waals surface area contributed by atoms with E-state index in [9.17, 15) is 4.79 Å². The Morgan fingerprint density at radius 2 is 2.00 bits per heavy atom. The number of nitrogens with zero attached hydrogens (tertiary/aromatic N) is 1.